The topological polar surface area (TPSA) is 63.3 Å². The van der Waals surface area contributed by atoms with Crippen LogP contribution in [0.2, 0.25) is 0 Å². The Morgan fingerprint density at radius 2 is 2.60 bits per heavy atom. The molecule has 0 saturated heterocycles. The van der Waals surface area contributed by atoms with Crippen molar-refractivity contribution in [2.24, 2.45) is 0 Å². The average molecular weight is 253 g/mol. The molecule has 1 heterocycles. The minimum Gasteiger partial charge on any atom is -0.481 e. The Morgan fingerprint density at radius 1 is 1.90 bits per heavy atom. The van der Waals surface area contributed by atoms with E-state index < -0.39 is 5.97 Å². The molecular weight excluding hydrogens is 249 g/mol. The highest BCUT2D eigenvalue weighted by Gasteiger charge is 2.05. The van der Waals surface area contributed by atoms with Gasteiger partial charge >= 0.3 is 5.97 Å². The average Bonchev–Trinajstić information content (AvgIpc) is 2.13. The minimum atomic E-state index is -0.910. The number of carboxylic acids is 1. The third-order valence-corrected chi connectivity index (χ3v) is 1.36. The van der Waals surface area contributed by atoms with Crippen LogP contribution in [-0.2, 0) is 11.2 Å². The molecule has 0 aliphatic carbocycles. The van der Waals surface area contributed by atoms with Crippen molar-refractivity contribution in [2.75, 3.05) is 0 Å². The highest BCUT2D eigenvalue weighted by atomic mass is 127. The Kier molecular flexibility index (Phi) is 2.25. The van der Waals surface area contributed by atoms with Gasteiger partial charge in [0.1, 0.15) is 15.9 Å². The van der Waals surface area contributed by atoms with E-state index >= 15 is 0 Å². The first-order valence-electron chi connectivity index (χ1n) is 2.51. The summed E-state index contributed by atoms with van der Waals surface area (Å²) < 4.78 is 5.31. The number of halogens is 1. The highest BCUT2D eigenvalue weighted by molar-refractivity contribution is 14.1. The number of hydrogen-bond acceptors (Lipinski definition) is 3. The number of carbonyl (C=O) groups is 1. The van der Waals surface area contributed by atoms with Crippen LogP contribution in [0, 0.1) is 3.70 Å². The predicted octanol–water partition coefficient (Wildman–Crippen LogP) is 0.906. The Hall–Kier alpha value is -0.590. The normalized spacial score (nSPS) is 9.70. The quantitative estimate of drug-likeness (QED) is 0.795. The van der Waals surface area contributed by atoms with Gasteiger partial charge in [-0.2, -0.15) is 0 Å². The van der Waals surface area contributed by atoms with E-state index in [9.17, 15) is 4.79 Å². The van der Waals surface area contributed by atoms with Gasteiger partial charge < -0.3 is 9.63 Å². The summed E-state index contributed by atoms with van der Waals surface area (Å²) in [6.07, 6.45) is -0.101. The standard InChI is InChI=1S/C5H4INO3/c6-4-1-3(10-7-4)2-5(8)9/h1H,2H2,(H,8,9). The molecule has 0 saturated carbocycles. The van der Waals surface area contributed by atoms with Crippen LogP contribution in [0.25, 0.3) is 0 Å². The molecule has 0 fully saturated rings. The van der Waals surface area contributed by atoms with Crippen molar-refractivity contribution >= 4 is 28.6 Å². The van der Waals surface area contributed by atoms with Gasteiger partial charge in [0, 0.05) is 6.07 Å². The van der Waals surface area contributed by atoms with Gasteiger partial charge in [0.25, 0.3) is 0 Å². The fourth-order valence-corrected chi connectivity index (χ4v) is 0.966. The number of aliphatic carboxylic acids is 1. The first-order chi connectivity index (χ1) is 4.68. The summed E-state index contributed by atoms with van der Waals surface area (Å²) in [5, 5.41) is 11.8. The largest absolute Gasteiger partial charge is 0.481 e. The summed E-state index contributed by atoms with van der Waals surface area (Å²) in [7, 11) is 0. The maximum Gasteiger partial charge on any atom is 0.311 e. The second-order valence-corrected chi connectivity index (χ2v) is 2.79. The van der Waals surface area contributed by atoms with Crippen LogP contribution in [0.1, 0.15) is 5.76 Å². The van der Waals surface area contributed by atoms with Crippen molar-refractivity contribution in [1.29, 1.82) is 0 Å². The molecule has 0 unspecified atom stereocenters. The Labute approximate surface area is 70.3 Å². The van der Waals surface area contributed by atoms with Gasteiger partial charge in [0.2, 0.25) is 0 Å². The van der Waals surface area contributed by atoms with Crippen LogP contribution in [0.4, 0.5) is 0 Å². The summed E-state index contributed by atoms with van der Waals surface area (Å²) in [5.41, 5.74) is 0. The number of nitrogens with zero attached hydrogens (tertiary/aromatic N) is 1. The van der Waals surface area contributed by atoms with Gasteiger partial charge in [-0.15, -0.1) is 0 Å². The van der Waals surface area contributed by atoms with Crippen LogP contribution in [0.5, 0.6) is 0 Å². The van der Waals surface area contributed by atoms with Gasteiger partial charge in [0.05, 0.1) is 0 Å². The van der Waals surface area contributed by atoms with Gasteiger partial charge in [-0.1, -0.05) is 5.16 Å². The van der Waals surface area contributed by atoms with Crippen LogP contribution in [0.15, 0.2) is 10.6 Å². The fraction of sp³-hybridized carbons (Fsp3) is 0.200. The zero-order chi connectivity index (χ0) is 7.56. The second kappa shape index (κ2) is 3.00. The number of carboxylic acid groups (broad SMARTS) is 1. The predicted molar refractivity (Wildman–Crippen MR) is 40.6 cm³/mol. The molecule has 0 atom stereocenters. The smallest absolute Gasteiger partial charge is 0.311 e. The molecular formula is C5H4INO3. The van der Waals surface area contributed by atoms with E-state index in [1.807, 2.05) is 22.6 Å². The van der Waals surface area contributed by atoms with Crippen LogP contribution >= 0.6 is 22.6 Å². The molecule has 1 rings (SSSR count). The SMILES string of the molecule is O=C(O)Cc1cc(I)no1. The lowest BCUT2D eigenvalue weighted by molar-refractivity contribution is -0.136. The van der Waals surface area contributed by atoms with E-state index in [4.69, 9.17) is 5.11 Å². The fourth-order valence-electron chi connectivity index (χ4n) is 0.520. The van der Waals surface area contributed by atoms with Crippen molar-refractivity contribution in [1.82, 2.24) is 5.16 Å². The van der Waals surface area contributed by atoms with E-state index in [2.05, 4.69) is 9.68 Å². The van der Waals surface area contributed by atoms with Gasteiger partial charge in [0.15, 0.2) is 0 Å². The van der Waals surface area contributed by atoms with Gasteiger partial charge in [-0.05, 0) is 22.6 Å². The Morgan fingerprint density at radius 3 is 3.00 bits per heavy atom. The summed E-state index contributed by atoms with van der Waals surface area (Å²) in [6.45, 7) is 0. The van der Waals surface area contributed by atoms with Gasteiger partial charge in [-0.25, -0.2) is 0 Å². The first kappa shape index (κ1) is 7.52. The third-order valence-electron chi connectivity index (χ3n) is 0.856. The van der Waals surface area contributed by atoms with E-state index in [1.165, 1.54) is 0 Å². The molecule has 4 nitrogen and oxygen atoms in total. The molecule has 0 aromatic carbocycles. The number of aromatic nitrogens is 1. The van der Waals surface area contributed by atoms with Crippen LogP contribution in [-0.4, -0.2) is 16.2 Å². The number of rotatable bonds is 2. The maximum atomic E-state index is 10.1. The lowest BCUT2D eigenvalue weighted by Gasteiger charge is -1.83. The molecule has 1 aromatic rings. The molecule has 0 bridgehead atoms. The molecule has 0 radical (unpaired) electrons. The Bertz CT molecular complexity index is 245. The zero-order valence-electron chi connectivity index (χ0n) is 4.87. The second-order valence-electron chi connectivity index (χ2n) is 1.69. The molecule has 0 aliphatic rings. The van der Waals surface area contributed by atoms with E-state index in [1.54, 1.807) is 6.07 Å². The summed E-state index contributed by atoms with van der Waals surface area (Å²) in [6, 6.07) is 1.59. The van der Waals surface area contributed by atoms with Crippen molar-refractivity contribution in [3.8, 4) is 0 Å². The van der Waals surface area contributed by atoms with Crippen molar-refractivity contribution in [3.05, 3.63) is 15.5 Å². The van der Waals surface area contributed by atoms with Crippen LogP contribution in [0.3, 0.4) is 0 Å². The van der Waals surface area contributed by atoms with Crippen LogP contribution < -0.4 is 0 Å². The van der Waals surface area contributed by atoms with E-state index in [-0.39, 0.29) is 6.42 Å². The van der Waals surface area contributed by atoms with Crippen molar-refractivity contribution in [2.45, 2.75) is 6.42 Å². The molecule has 0 spiro atoms. The third kappa shape index (κ3) is 1.98. The first-order valence-corrected chi connectivity index (χ1v) is 3.59. The minimum absolute atomic E-state index is 0.101. The van der Waals surface area contributed by atoms with Gasteiger partial charge in [-0.3, -0.25) is 4.79 Å². The monoisotopic (exact) mass is 253 g/mol. The highest BCUT2D eigenvalue weighted by Crippen LogP contribution is 2.05. The zero-order valence-corrected chi connectivity index (χ0v) is 7.03. The summed E-state index contributed by atoms with van der Waals surface area (Å²) in [4.78, 5) is 10.1. The van der Waals surface area contributed by atoms with Crippen molar-refractivity contribution in [3.63, 3.8) is 0 Å². The lowest BCUT2D eigenvalue weighted by atomic mass is 10.3. The molecule has 5 heteroatoms. The molecule has 54 valence electrons. The maximum absolute atomic E-state index is 10.1. The molecule has 0 amide bonds. The Balaban J connectivity index is 2.67. The van der Waals surface area contributed by atoms with Crippen molar-refractivity contribution < 1.29 is 14.4 Å². The summed E-state index contributed by atoms with van der Waals surface area (Å²) >= 11 is 1.95. The summed E-state index contributed by atoms with van der Waals surface area (Å²) in [5.74, 6) is -0.524. The molecule has 0 aliphatic heterocycles. The lowest BCUT2D eigenvalue weighted by Crippen LogP contribution is -1.97. The molecule has 1 aromatic heterocycles. The van der Waals surface area contributed by atoms with E-state index in [0.717, 1.165) is 0 Å². The molecule has 1 N–H and O–H groups in total. The number of hydrogen-bond donors (Lipinski definition) is 1. The van der Waals surface area contributed by atoms with E-state index in [0.29, 0.717) is 9.46 Å². The molecule has 10 heavy (non-hydrogen) atoms.